The molecule has 0 aliphatic heterocycles. The van der Waals surface area contributed by atoms with Gasteiger partial charge in [0.25, 0.3) is 0 Å². The number of hydrogen-bond acceptors (Lipinski definition) is 4. The Hall–Kier alpha value is -2.35. The number of rotatable bonds is 4. The van der Waals surface area contributed by atoms with Crippen LogP contribution in [0.25, 0.3) is 11.0 Å². The van der Waals surface area contributed by atoms with Gasteiger partial charge in [-0.3, -0.25) is 4.98 Å². The highest BCUT2D eigenvalue weighted by molar-refractivity contribution is 7.15. The van der Waals surface area contributed by atoms with Crippen LogP contribution in [0.4, 0.5) is 18.3 Å². The molecule has 3 heterocycles. The van der Waals surface area contributed by atoms with E-state index < -0.39 is 11.1 Å². The maximum atomic E-state index is 12.5. The molecule has 0 aromatic carbocycles. The van der Waals surface area contributed by atoms with E-state index in [1.165, 1.54) is 0 Å². The molecular weight excluding hydrogens is 313 g/mol. The van der Waals surface area contributed by atoms with E-state index in [1.54, 1.807) is 6.20 Å². The van der Waals surface area contributed by atoms with E-state index in [0.717, 1.165) is 22.8 Å². The third-order valence-electron chi connectivity index (χ3n) is 2.99. The first-order valence-electron chi connectivity index (χ1n) is 6.32. The van der Waals surface area contributed by atoms with Crippen LogP contribution >= 0.6 is 11.3 Å². The second-order valence-corrected chi connectivity index (χ2v) is 5.68. The van der Waals surface area contributed by atoms with Crippen molar-refractivity contribution in [1.29, 1.82) is 0 Å². The number of alkyl halides is 3. The molecule has 4 nitrogen and oxygen atoms in total. The number of nitrogens with one attached hydrogen (secondary N) is 2. The molecule has 3 aromatic rings. The normalized spacial score (nSPS) is 11.8. The van der Waals surface area contributed by atoms with Crippen LogP contribution in [-0.4, -0.2) is 15.0 Å². The first-order chi connectivity index (χ1) is 10.4. The van der Waals surface area contributed by atoms with Crippen molar-refractivity contribution < 1.29 is 13.2 Å². The van der Waals surface area contributed by atoms with Gasteiger partial charge in [0.05, 0.1) is 17.2 Å². The van der Waals surface area contributed by atoms with Crippen LogP contribution in [0.2, 0.25) is 0 Å². The number of thiazole rings is 1. The molecule has 114 valence electrons. The zero-order valence-corrected chi connectivity index (χ0v) is 12.1. The van der Waals surface area contributed by atoms with Crippen LogP contribution in [-0.2, 0) is 12.6 Å². The minimum Gasteiger partial charge on any atom is -0.360 e. The average molecular weight is 324 g/mol. The lowest BCUT2D eigenvalue weighted by Gasteiger charge is -2.05. The van der Waals surface area contributed by atoms with E-state index >= 15 is 0 Å². The number of fused-ring (bicyclic) bond motifs is 1. The van der Waals surface area contributed by atoms with E-state index in [4.69, 9.17) is 0 Å². The zero-order valence-electron chi connectivity index (χ0n) is 11.2. The smallest absolute Gasteiger partial charge is 0.360 e. The van der Waals surface area contributed by atoms with Crippen molar-refractivity contribution in [2.24, 2.45) is 0 Å². The highest BCUT2D eigenvalue weighted by Crippen LogP contribution is 2.35. The van der Waals surface area contributed by atoms with Crippen molar-refractivity contribution in [3.63, 3.8) is 0 Å². The summed E-state index contributed by atoms with van der Waals surface area (Å²) >= 11 is 0.553. The van der Waals surface area contributed by atoms with Gasteiger partial charge in [-0.25, -0.2) is 4.98 Å². The highest BCUT2D eigenvalue weighted by atomic mass is 32.1. The van der Waals surface area contributed by atoms with Crippen LogP contribution in [0.3, 0.4) is 0 Å². The van der Waals surface area contributed by atoms with Crippen LogP contribution in [0, 0.1) is 0 Å². The van der Waals surface area contributed by atoms with Crippen molar-refractivity contribution in [2.75, 3.05) is 5.32 Å². The lowest BCUT2D eigenvalue weighted by Crippen LogP contribution is -2.01. The largest absolute Gasteiger partial charge is 0.427 e. The van der Waals surface area contributed by atoms with E-state index in [-0.39, 0.29) is 5.13 Å². The second kappa shape index (κ2) is 5.45. The van der Waals surface area contributed by atoms with Crippen molar-refractivity contribution in [2.45, 2.75) is 12.6 Å². The van der Waals surface area contributed by atoms with Gasteiger partial charge in [0.15, 0.2) is 5.13 Å². The molecule has 22 heavy (non-hydrogen) atoms. The highest BCUT2D eigenvalue weighted by Gasteiger charge is 2.33. The van der Waals surface area contributed by atoms with Crippen molar-refractivity contribution in [3.8, 4) is 0 Å². The third kappa shape index (κ3) is 2.96. The fourth-order valence-corrected chi connectivity index (χ4v) is 2.76. The molecule has 0 saturated carbocycles. The van der Waals surface area contributed by atoms with Crippen molar-refractivity contribution >= 4 is 27.5 Å². The summed E-state index contributed by atoms with van der Waals surface area (Å²) < 4.78 is 37.6. The standard InChI is InChI=1S/C14H11F3N4S/c1-8(21-13-20-7-11(22-13)14(15,16)17)5-9-6-19-10-3-2-4-18-12(9)10/h2-4,6-7,19H,1,5H2,(H,20,21). The Balaban J connectivity index is 1.71. The van der Waals surface area contributed by atoms with E-state index in [2.05, 4.69) is 26.8 Å². The molecule has 0 fully saturated rings. The number of pyridine rings is 1. The molecule has 0 saturated heterocycles. The molecule has 0 radical (unpaired) electrons. The summed E-state index contributed by atoms with van der Waals surface area (Å²) in [5.74, 6) is 0. The van der Waals surface area contributed by atoms with Crippen LogP contribution < -0.4 is 5.32 Å². The van der Waals surface area contributed by atoms with Gasteiger partial charge in [-0.15, -0.1) is 0 Å². The Bertz CT molecular complexity index is 819. The molecular formula is C14H11F3N4S. The van der Waals surface area contributed by atoms with Gasteiger partial charge in [-0.1, -0.05) is 17.9 Å². The van der Waals surface area contributed by atoms with E-state index in [1.807, 2.05) is 18.3 Å². The maximum absolute atomic E-state index is 12.5. The number of allylic oxidation sites excluding steroid dienone is 1. The van der Waals surface area contributed by atoms with Crippen LogP contribution in [0.15, 0.2) is 43.0 Å². The molecule has 0 amide bonds. The molecule has 3 aromatic heterocycles. The Morgan fingerprint density at radius 2 is 2.18 bits per heavy atom. The van der Waals surface area contributed by atoms with Crippen LogP contribution in [0.5, 0.6) is 0 Å². The first kappa shape index (κ1) is 14.6. The summed E-state index contributed by atoms with van der Waals surface area (Å²) in [7, 11) is 0. The van der Waals surface area contributed by atoms with E-state index in [9.17, 15) is 13.2 Å². The summed E-state index contributed by atoms with van der Waals surface area (Å²) in [6, 6.07) is 3.72. The topological polar surface area (TPSA) is 53.6 Å². The summed E-state index contributed by atoms with van der Waals surface area (Å²) in [4.78, 5) is 10.3. The summed E-state index contributed by atoms with van der Waals surface area (Å²) in [5.41, 5.74) is 3.19. The third-order valence-corrected chi connectivity index (χ3v) is 3.94. The quantitative estimate of drug-likeness (QED) is 0.756. The SMILES string of the molecule is C=C(Cc1c[nH]c2cccnc12)Nc1ncc(C(F)(F)F)s1. The van der Waals surface area contributed by atoms with Gasteiger partial charge in [0, 0.05) is 30.1 Å². The fourth-order valence-electron chi connectivity index (χ4n) is 2.03. The Morgan fingerprint density at radius 1 is 1.36 bits per heavy atom. The molecule has 0 bridgehead atoms. The van der Waals surface area contributed by atoms with Gasteiger partial charge in [0.1, 0.15) is 4.88 Å². The number of anilines is 1. The molecule has 8 heteroatoms. The Kier molecular flexibility index (Phi) is 3.61. The average Bonchev–Trinajstić information content (AvgIpc) is 3.06. The van der Waals surface area contributed by atoms with Crippen LogP contribution in [0.1, 0.15) is 10.4 Å². The monoisotopic (exact) mass is 324 g/mol. The number of H-pyrrole nitrogens is 1. The van der Waals surface area contributed by atoms with Gasteiger partial charge in [-0.05, 0) is 12.1 Å². The number of aromatic nitrogens is 3. The molecule has 3 rings (SSSR count). The second-order valence-electron chi connectivity index (χ2n) is 4.65. The number of aromatic amines is 1. The summed E-state index contributed by atoms with van der Waals surface area (Å²) in [6.45, 7) is 3.84. The van der Waals surface area contributed by atoms with Crippen molar-refractivity contribution in [1.82, 2.24) is 15.0 Å². The zero-order chi connectivity index (χ0) is 15.7. The minimum absolute atomic E-state index is 0.171. The molecule has 2 N–H and O–H groups in total. The lowest BCUT2D eigenvalue weighted by atomic mass is 10.2. The van der Waals surface area contributed by atoms with Gasteiger partial charge in [-0.2, -0.15) is 13.2 Å². The van der Waals surface area contributed by atoms with E-state index in [0.29, 0.717) is 23.5 Å². The number of halogens is 3. The van der Waals surface area contributed by atoms with Gasteiger partial charge >= 0.3 is 6.18 Å². The predicted octanol–water partition coefficient (Wildman–Crippen LogP) is 4.21. The molecule has 0 atom stereocenters. The Morgan fingerprint density at radius 3 is 2.91 bits per heavy atom. The maximum Gasteiger partial charge on any atom is 0.427 e. The molecule has 0 aliphatic rings. The summed E-state index contributed by atoms with van der Waals surface area (Å²) in [6.07, 6.45) is 0.380. The fraction of sp³-hybridized carbons (Fsp3) is 0.143. The number of hydrogen-bond donors (Lipinski definition) is 2. The van der Waals surface area contributed by atoms with Crippen molar-refractivity contribution in [3.05, 3.63) is 53.4 Å². The van der Waals surface area contributed by atoms with Gasteiger partial charge in [0.2, 0.25) is 0 Å². The molecule has 0 aliphatic carbocycles. The minimum atomic E-state index is -4.38. The van der Waals surface area contributed by atoms with Gasteiger partial charge < -0.3 is 10.3 Å². The molecule has 0 unspecified atom stereocenters. The molecule has 0 spiro atoms. The number of nitrogens with zero attached hydrogens (tertiary/aromatic N) is 2. The lowest BCUT2D eigenvalue weighted by molar-refractivity contribution is -0.134. The first-order valence-corrected chi connectivity index (χ1v) is 7.14. The predicted molar refractivity (Wildman–Crippen MR) is 79.7 cm³/mol. The Labute approximate surface area is 127 Å². The summed E-state index contributed by atoms with van der Waals surface area (Å²) in [5, 5.41) is 2.98.